The van der Waals surface area contributed by atoms with Crippen molar-refractivity contribution in [1.29, 1.82) is 0 Å². The molecule has 2 heteroatoms. The molecule has 0 bridgehead atoms. The van der Waals surface area contributed by atoms with E-state index in [0.29, 0.717) is 6.29 Å². The van der Waals surface area contributed by atoms with Crippen molar-refractivity contribution < 1.29 is 9.53 Å². The Balaban J connectivity index is 0.000000187. The van der Waals surface area contributed by atoms with Crippen LogP contribution in [0.15, 0.2) is 36.4 Å². The number of methoxy groups -OCH3 is 1. The predicted molar refractivity (Wildman–Crippen MR) is 44.4 cm³/mol. The van der Waals surface area contributed by atoms with E-state index in [9.17, 15) is 4.79 Å². The first-order chi connectivity index (χ1) is 5.41. The van der Waals surface area contributed by atoms with Crippen molar-refractivity contribution in [2.45, 2.75) is 0 Å². The van der Waals surface area contributed by atoms with Gasteiger partial charge in [-0.15, -0.1) is 0 Å². The highest BCUT2D eigenvalue weighted by Gasteiger charge is 1.64. The highest BCUT2D eigenvalue weighted by atomic mass is 16.5. The summed E-state index contributed by atoms with van der Waals surface area (Å²) < 4.78 is 4.32. The molecule has 0 atom stereocenters. The van der Waals surface area contributed by atoms with Crippen LogP contribution in [0.3, 0.4) is 0 Å². The van der Waals surface area contributed by atoms with Gasteiger partial charge < -0.3 is 9.53 Å². The fraction of sp³-hybridized carbons (Fsp3) is 0.222. The normalized spacial score (nSPS) is 7.73. The van der Waals surface area contributed by atoms with Crippen molar-refractivity contribution in [3.8, 4) is 0 Å². The lowest BCUT2D eigenvalue weighted by molar-refractivity contribution is -0.110. The van der Waals surface area contributed by atoms with Gasteiger partial charge in [0.25, 0.3) is 0 Å². The second-order valence-corrected chi connectivity index (χ2v) is 1.78. The number of hydrogen-bond donors (Lipinski definition) is 0. The summed E-state index contributed by atoms with van der Waals surface area (Å²) in [5.41, 5.74) is 0. The lowest BCUT2D eigenvalue weighted by Gasteiger charge is -1.76. The largest absolute Gasteiger partial charge is 0.377 e. The van der Waals surface area contributed by atoms with E-state index >= 15 is 0 Å². The number of hydrogen-bond acceptors (Lipinski definition) is 2. The Kier molecular flexibility index (Phi) is 7.92. The van der Waals surface area contributed by atoms with Gasteiger partial charge in [0.1, 0.15) is 12.9 Å². The van der Waals surface area contributed by atoms with Gasteiger partial charge in [-0.2, -0.15) is 0 Å². The third-order valence-electron chi connectivity index (χ3n) is 0.901. The van der Waals surface area contributed by atoms with Crippen LogP contribution in [-0.4, -0.2) is 20.0 Å². The van der Waals surface area contributed by atoms with Gasteiger partial charge >= 0.3 is 0 Å². The number of aldehydes is 1. The van der Waals surface area contributed by atoms with Crippen molar-refractivity contribution in [2.24, 2.45) is 0 Å². The highest BCUT2D eigenvalue weighted by Crippen LogP contribution is 1.79. The van der Waals surface area contributed by atoms with E-state index in [1.807, 2.05) is 36.4 Å². The molecule has 0 unspecified atom stereocenters. The van der Waals surface area contributed by atoms with Gasteiger partial charge in [0.15, 0.2) is 0 Å². The first-order valence-corrected chi connectivity index (χ1v) is 3.34. The minimum Gasteiger partial charge on any atom is -0.377 e. The van der Waals surface area contributed by atoms with Crippen LogP contribution in [0.4, 0.5) is 0 Å². The zero-order valence-electron chi connectivity index (χ0n) is 6.57. The quantitative estimate of drug-likeness (QED) is 0.600. The van der Waals surface area contributed by atoms with Crippen molar-refractivity contribution in [1.82, 2.24) is 0 Å². The second kappa shape index (κ2) is 8.85. The highest BCUT2D eigenvalue weighted by molar-refractivity contribution is 5.50. The fourth-order valence-electron chi connectivity index (χ4n) is 0.453. The Hall–Kier alpha value is -1.15. The lowest BCUT2D eigenvalue weighted by Crippen LogP contribution is -1.84. The monoisotopic (exact) mass is 152 g/mol. The van der Waals surface area contributed by atoms with E-state index in [-0.39, 0.29) is 6.61 Å². The Bertz CT molecular complexity index is 134. The van der Waals surface area contributed by atoms with Gasteiger partial charge in [-0.05, 0) is 0 Å². The van der Waals surface area contributed by atoms with E-state index in [1.165, 1.54) is 7.11 Å². The smallest absolute Gasteiger partial charge is 0.145 e. The van der Waals surface area contributed by atoms with Crippen molar-refractivity contribution in [2.75, 3.05) is 13.7 Å². The van der Waals surface area contributed by atoms with Crippen LogP contribution in [0.1, 0.15) is 0 Å². The first kappa shape index (κ1) is 9.85. The maximum absolute atomic E-state index is 9.28. The van der Waals surface area contributed by atoms with Crippen LogP contribution in [-0.2, 0) is 9.53 Å². The minimum absolute atomic E-state index is 0.208. The Morgan fingerprint density at radius 1 is 1.09 bits per heavy atom. The summed E-state index contributed by atoms with van der Waals surface area (Å²) in [6.45, 7) is 0.208. The molecule has 60 valence electrons. The molecule has 0 saturated carbocycles. The molecule has 2 nitrogen and oxygen atoms in total. The van der Waals surface area contributed by atoms with Gasteiger partial charge in [-0.3, -0.25) is 0 Å². The predicted octanol–water partition coefficient (Wildman–Crippen LogP) is 1.52. The molecule has 1 aromatic carbocycles. The molecule has 0 aliphatic rings. The Labute approximate surface area is 66.8 Å². The van der Waals surface area contributed by atoms with Gasteiger partial charge in [-0.25, -0.2) is 0 Å². The molecule has 0 amide bonds. The molecule has 0 N–H and O–H groups in total. The summed E-state index contributed by atoms with van der Waals surface area (Å²) >= 11 is 0. The molecule has 11 heavy (non-hydrogen) atoms. The molecule has 0 radical (unpaired) electrons. The van der Waals surface area contributed by atoms with Gasteiger partial charge in [0.05, 0.1) is 0 Å². The van der Waals surface area contributed by atoms with Crippen LogP contribution in [0.2, 0.25) is 0 Å². The molecule has 0 fully saturated rings. The average molecular weight is 152 g/mol. The van der Waals surface area contributed by atoms with E-state index in [0.717, 1.165) is 0 Å². The Morgan fingerprint density at radius 3 is 1.55 bits per heavy atom. The van der Waals surface area contributed by atoms with E-state index in [2.05, 4.69) is 4.74 Å². The van der Waals surface area contributed by atoms with Gasteiger partial charge in [-0.1, -0.05) is 36.4 Å². The summed E-state index contributed by atoms with van der Waals surface area (Å²) in [5.74, 6) is 0. The average Bonchev–Trinajstić information content (AvgIpc) is 2.10. The number of rotatable bonds is 2. The number of carbonyl (C=O) groups is 1. The third kappa shape index (κ3) is 8.85. The molecule has 0 spiro atoms. The van der Waals surface area contributed by atoms with E-state index in [1.54, 1.807) is 0 Å². The number of carbonyl (C=O) groups excluding carboxylic acids is 1. The zero-order chi connectivity index (χ0) is 8.36. The molecule has 0 aliphatic heterocycles. The summed E-state index contributed by atoms with van der Waals surface area (Å²) in [6, 6.07) is 12.0. The summed E-state index contributed by atoms with van der Waals surface area (Å²) in [7, 11) is 1.48. The van der Waals surface area contributed by atoms with Crippen LogP contribution in [0.25, 0.3) is 0 Å². The van der Waals surface area contributed by atoms with Crippen LogP contribution >= 0.6 is 0 Å². The summed E-state index contributed by atoms with van der Waals surface area (Å²) in [4.78, 5) is 9.28. The summed E-state index contributed by atoms with van der Waals surface area (Å²) in [5, 5.41) is 0. The van der Waals surface area contributed by atoms with Gasteiger partial charge in [0.2, 0.25) is 0 Å². The topological polar surface area (TPSA) is 26.3 Å². The molecular formula is C9H12O2. The lowest BCUT2D eigenvalue weighted by atomic mass is 10.4. The van der Waals surface area contributed by atoms with Crippen molar-refractivity contribution >= 4 is 6.29 Å². The molecule has 0 aliphatic carbocycles. The van der Waals surface area contributed by atoms with Crippen LogP contribution < -0.4 is 0 Å². The standard InChI is InChI=1S/C6H6.C3H6O2/c1-2-4-6-5-3-1;1-5-3-2-4/h1-6H;2H,3H2,1H3. The van der Waals surface area contributed by atoms with Crippen LogP contribution in [0.5, 0.6) is 0 Å². The molecule has 0 aromatic heterocycles. The molecule has 0 saturated heterocycles. The van der Waals surface area contributed by atoms with Crippen LogP contribution in [0, 0.1) is 0 Å². The molecular weight excluding hydrogens is 140 g/mol. The number of benzene rings is 1. The van der Waals surface area contributed by atoms with Gasteiger partial charge in [0, 0.05) is 7.11 Å². The molecule has 1 rings (SSSR count). The summed E-state index contributed by atoms with van der Waals surface area (Å²) in [6.07, 6.45) is 0.708. The molecule has 0 heterocycles. The third-order valence-corrected chi connectivity index (χ3v) is 0.901. The van der Waals surface area contributed by atoms with Crippen molar-refractivity contribution in [3.05, 3.63) is 36.4 Å². The number of ether oxygens (including phenoxy) is 1. The van der Waals surface area contributed by atoms with E-state index in [4.69, 9.17) is 0 Å². The van der Waals surface area contributed by atoms with Crippen molar-refractivity contribution in [3.63, 3.8) is 0 Å². The minimum atomic E-state index is 0.208. The maximum atomic E-state index is 9.28. The SMILES string of the molecule is COCC=O.c1ccccc1. The zero-order valence-corrected chi connectivity index (χ0v) is 6.57. The second-order valence-electron chi connectivity index (χ2n) is 1.78. The fourth-order valence-corrected chi connectivity index (χ4v) is 0.453. The maximum Gasteiger partial charge on any atom is 0.145 e. The molecule has 1 aromatic rings. The van der Waals surface area contributed by atoms with E-state index < -0.39 is 0 Å². The first-order valence-electron chi connectivity index (χ1n) is 3.34. The Morgan fingerprint density at radius 2 is 1.45 bits per heavy atom.